The highest BCUT2D eigenvalue weighted by atomic mass is 16.5. The highest BCUT2D eigenvalue weighted by Gasteiger charge is 2.18. The molecule has 0 aliphatic rings. The van der Waals surface area contributed by atoms with E-state index in [0.717, 1.165) is 17.7 Å². The van der Waals surface area contributed by atoms with Crippen LogP contribution in [0, 0.1) is 6.92 Å². The Kier molecular flexibility index (Phi) is 6.70. The molecule has 0 aliphatic heterocycles. The molecule has 0 saturated carbocycles. The lowest BCUT2D eigenvalue weighted by Crippen LogP contribution is -2.36. The number of likely N-dealkylation sites (N-methyl/N-ethyl adjacent to an activating group) is 1. The van der Waals surface area contributed by atoms with Crippen LogP contribution < -0.4 is 4.74 Å². The third-order valence-corrected chi connectivity index (χ3v) is 5.31. The molecule has 3 rings (SSSR count). The fraction of sp³-hybridized carbons (Fsp3) is 0.333. The maximum atomic E-state index is 12.6. The van der Waals surface area contributed by atoms with Crippen LogP contribution in [0.15, 0.2) is 59.1 Å². The Morgan fingerprint density at radius 3 is 2.59 bits per heavy atom. The van der Waals surface area contributed by atoms with Gasteiger partial charge in [-0.3, -0.25) is 4.79 Å². The number of nitrogens with zero attached hydrogens (tertiary/aromatic N) is 2. The van der Waals surface area contributed by atoms with E-state index in [2.05, 4.69) is 31.0 Å². The Labute approximate surface area is 172 Å². The first-order valence-corrected chi connectivity index (χ1v) is 9.87. The number of carbonyl (C=O) groups excluding carboxylic acids is 1. The number of oxazole rings is 1. The molecule has 1 unspecified atom stereocenters. The number of methoxy groups -OCH3 is 1. The monoisotopic (exact) mass is 392 g/mol. The highest BCUT2D eigenvalue weighted by molar-refractivity contribution is 5.76. The molecule has 3 aromatic rings. The number of hydrogen-bond acceptors (Lipinski definition) is 4. The summed E-state index contributed by atoms with van der Waals surface area (Å²) in [5.41, 5.74) is 3.46. The Morgan fingerprint density at radius 1 is 1.17 bits per heavy atom. The van der Waals surface area contributed by atoms with Gasteiger partial charge in [-0.25, -0.2) is 4.98 Å². The second-order valence-corrected chi connectivity index (χ2v) is 7.33. The maximum Gasteiger partial charge on any atom is 0.223 e. The molecule has 0 fully saturated rings. The van der Waals surface area contributed by atoms with Gasteiger partial charge in [-0.1, -0.05) is 24.3 Å². The van der Waals surface area contributed by atoms with Gasteiger partial charge in [0.15, 0.2) is 11.7 Å². The second kappa shape index (κ2) is 9.41. The Morgan fingerprint density at radius 2 is 1.90 bits per heavy atom. The van der Waals surface area contributed by atoms with Crippen LogP contribution in [0.1, 0.15) is 30.4 Å². The van der Waals surface area contributed by atoms with Crippen LogP contribution in [0.3, 0.4) is 0 Å². The van der Waals surface area contributed by atoms with Gasteiger partial charge in [0.05, 0.1) is 13.3 Å². The topological polar surface area (TPSA) is 55.6 Å². The zero-order valence-corrected chi connectivity index (χ0v) is 17.5. The summed E-state index contributed by atoms with van der Waals surface area (Å²) in [5.74, 6) is 2.15. The Hall–Kier alpha value is -3.08. The molecule has 2 aromatic carbocycles. The van der Waals surface area contributed by atoms with E-state index in [1.165, 1.54) is 11.1 Å². The smallest absolute Gasteiger partial charge is 0.223 e. The van der Waals surface area contributed by atoms with Gasteiger partial charge in [0.25, 0.3) is 0 Å². The van der Waals surface area contributed by atoms with Gasteiger partial charge in [-0.2, -0.15) is 0 Å². The van der Waals surface area contributed by atoms with Crippen LogP contribution in [0.4, 0.5) is 0 Å². The van der Waals surface area contributed by atoms with Gasteiger partial charge in [-0.15, -0.1) is 0 Å². The van der Waals surface area contributed by atoms with Crippen molar-refractivity contribution in [1.82, 2.24) is 9.88 Å². The Bertz CT molecular complexity index is 947. The summed E-state index contributed by atoms with van der Waals surface area (Å²) in [7, 11) is 3.50. The van der Waals surface area contributed by atoms with Gasteiger partial charge >= 0.3 is 0 Å². The molecular weight excluding hydrogens is 364 g/mol. The molecule has 1 heterocycles. The summed E-state index contributed by atoms with van der Waals surface area (Å²) < 4.78 is 11.0. The van der Waals surface area contributed by atoms with E-state index in [-0.39, 0.29) is 11.9 Å². The van der Waals surface area contributed by atoms with E-state index < -0.39 is 0 Å². The summed E-state index contributed by atoms with van der Waals surface area (Å²) >= 11 is 0. The van der Waals surface area contributed by atoms with Crippen LogP contribution in [0.25, 0.3) is 11.3 Å². The van der Waals surface area contributed by atoms with Crippen LogP contribution in [-0.2, 0) is 17.6 Å². The van der Waals surface area contributed by atoms with E-state index in [1.54, 1.807) is 13.3 Å². The van der Waals surface area contributed by atoms with Crippen molar-refractivity contribution in [2.45, 2.75) is 39.2 Å². The molecule has 1 aromatic heterocycles. The van der Waals surface area contributed by atoms with Crippen LogP contribution >= 0.6 is 0 Å². The van der Waals surface area contributed by atoms with Crippen molar-refractivity contribution in [3.8, 4) is 17.1 Å². The molecular formula is C24H28N2O3. The number of amides is 1. The average Bonchev–Trinajstić information content (AvgIpc) is 3.22. The van der Waals surface area contributed by atoms with Crippen molar-refractivity contribution in [3.63, 3.8) is 0 Å². The fourth-order valence-corrected chi connectivity index (χ4v) is 3.24. The number of carbonyl (C=O) groups is 1. The third-order valence-electron chi connectivity index (χ3n) is 5.31. The van der Waals surface area contributed by atoms with Gasteiger partial charge in [0.2, 0.25) is 5.91 Å². The van der Waals surface area contributed by atoms with Gasteiger partial charge in [0, 0.05) is 31.5 Å². The largest absolute Gasteiger partial charge is 0.497 e. The number of benzene rings is 2. The number of aromatic nitrogens is 1. The van der Waals surface area contributed by atoms with Crippen LogP contribution in [-0.4, -0.2) is 36.0 Å². The van der Waals surface area contributed by atoms with Crippen molar-refractivity contribution < 1.29 is 13.9 Å². The predicted molar refractivity (Wildman–Crippen MR) is 114 cm³/mol. The summed E-state index contributed by atoms with van der Waals surface area (Å²) in [6, 6.07) is 16.0. The standard InChI is InChI=1S/C24H28N2O3/c1-17-7-5-6-8-20(17)15-18(2)26(3)24(27)14-13-23-25-16-22(29-23)19-9-11-21(28-4)12-10-19/h5-12,16,18H,13-15H2,1-4H3. The van der Waals surface area contributed by atoms with Gasteiger partial charge in [-0.05, 0) is 55.7 Å². The van der Waals surface area contributed by atoms with E-state index in [0.29, 0.717) is 24.5 Å². The molecule has 29 heavy (non-hydrogen) atoms. The number of aryl methyl sites for hydroxylation is 2. The van der Waals surface area contributed by atoms with Gasteiger partial charge < -0.3 is 14.1 Å². The van der Waals surface area contributed by atoms with Crippen molar-refractivity contribution >= 4 is 5.91 Å². The molecule has 0 radical (unpaired) electrons. The van der Waals surface area contributed by atoms with E-state index in [9.17, 15) is 4.79 Å². The van der Waals surface area contributed by atoms with E-state index in [1.807, 2.05) is 48.3 Å². The zero-order chi connectivity index (χ0) is 20.8. The quantitative estimate of drug-likeness (QED) is 0.558. The number of rotatable bonds is 8. The lowest BCUT2D eigenvalue weighted by molar-refractivity contribution is -0.131. The lowest BCUT2D eigenvalue weighted by Gasteiger charge is -2.25. The van der Waals surface area contributed by atoms with Crippen LogP contribution in [0.5, 0.6) is 5.75 Å². The molecule has 152 valence electrons. The number of ether oxygens (including phenoxy) is 1. The number of hydrogen-bond donors (Lipinski definition) is 0. The van der Waals surface area contributed by atoms with E-state index >= 15 is 0 Å². The second-order valence-electron chi connectivity index (χ2n) is 7.33. The van der Waals surface area contributed by atoms with Crippen molar-refractivity contribution in [2.24, 2.45) is 0 Å². The molecule has 0 bridgehead atoms. The predicted octanol–water partition coefficient (Wildman–Crippen LogP) is 4.68. The maximum absolute atomic E-state index is 12.6. The summed E-state index contributed by atoms with van der Waals surface area (Å²) in [6.45, 7) is 4.18. The molecule has 1 atom stereocenters. The first-order chi connectivity index (χ1) is 14.0. The van der Waals surface area contributed by atoms with E-state index in [4.69, 9.17) is 9.15 Å². The molecule has 5 nitrogen and oxygen atoms in total. The molecule has 0 saturated heterocycles. The molecule has 0 N–H and O–H groups in total. The van der Waals surface area contributed by atoms with Crippen molar-refractivity contribution in [3.05, 3.63) is 71.7 Å². The zero-order valence-electron chi connectivity index (χ0n) is 17.5. The minimum Gasteiger partial charge on any atom is -0.497 e. The Balaban J connectivity index is 1.54. The first-order valence-electron chi connectivity index (χ1n) is 9.87. The minimum atomic E-state index is 0.0929. The summed E-state index contributed by atoms with van der Waals surface area (Å²) in [4.78, 5) is 18.8. The fourth-order valence-electron chi connectivity index (χ4n) is 3.24. The molecule has 0 spiro atoms. The summed E-state index contributed by atoms with van der Waals surface area (Å²) in [5, 5.41) is 0. The molecule has 5 heteroatoms. The first kappa shape index (κ1) is 20.6. The SMILES string of the molecule is COc1ccc(-c2cnc(CCC(=O)N(C)C(C)Cc3ccccc3C)o2)cc1. The normalized spacial score (nSPS) is 11.9. The van der Waals surface area contributed by atoms with Crippen LogP contribution in [0.2, 0.25) is 0 Å². The molecule has 0 aliphatic carbocycles. The lowest BCUT2D eigenvalue weighted by atomic mass is 10.0. The third kappa shape index (κ3) is 5.25. The average molecular weight is 392 g/mol. The van der Waals surface area contributed by atoms with Crippen molar-refractivity contribution in [1.29, 1.82) is 0 Å². The summed E-state index contributed by atoms with van der Waals surface area (Å²) in [6.07, 6.45) is 3.40. The minimum absolute atomic E-state index is 0.0929. The molecule has 1 amide bonds. The highest BCUT2D eigenvalue weighted by Crippen LogP contribution is 2.23. The van der Waals surface area contributed by atoms with Gasteiger partial charge in [0.1, 0.15) is 5.75 Å². The van der Waals surface area contributed by atoms with Crippen molar-refractivity contribution in [2.75, 3.05) is 14.2 Å².